The van der Waals surface area contributed by atoms with E-state index in [-0.39, 0.29) is 6.61 Å². The molecule has 0 bridgehead atoms. The fraction of sp³-hybridized carbons (Fsp3) is 1.00. The van der Waals surface area contributed by atoms with E-state index < -0.39 is 0 Å². The second kappa shape index (κ2) is 5.72. The summed E-state index contributed by atoms with van der Waals surface area (Å²) in [6.07, 6.45) is 5.06. The lowest BCUT2D eigenvalue weighted by atomic mass is 10.0. The monoisotopic (exact) mass is 199 g/mol. The minimum absolute atomic E-state index is 0.279. The van der Waals surface area contributed by atoms with Crippen LogP contribution < -0.4 is 5.32 Å². The molecule has 1 fully saturated rings. The van der Waals surface area contributed by atoms with Crippen LogP contribution in [0.5, 0.6) is 0 Å². The quantitative estimate of drug-likeness (QED) is 0.711. The van der Waals surface area contributed by atoms with E-state index in [0.29, 0.717) is 18.0 Å². The molecule has 0 aromatic heterocycles. The maximum absolute atomic E-state index is 9.26. The summed E-state index contributed by atoms with van der Waals surface area (Å²) in [5, 5.41) is 12.9. The minimum Gasteiger partial charge on any atom is -0.395 e. The van der Waals surface area contributed by atoms with E-state index in [9.17, 15) is 5.11 Å². The molecule has 0 aromatic carbocycles. The van der Waals surface area contributed by atoms with Gasteiger partial charge in [0.2, 0.25) is 0 Å². The molecule has 1 rings (SSSR count). The Balaban J connectivity index is 2.31. The lowest BCUT2D eigenvalue weighted by Gasteiger charge is -2.25. The van der Waals surface area contributed by atoms with E-state index in [1.807, 2.05) is 0 Å². The second-order valence-electron chi connectivity index (χ2n) is 5.19. The van der Waals surface area contributed by atoms with Crippen LogP contribution in [0, 0.1) is 11.8 Å². The third kappa shape index (κ3) is 3.58. The molecule has 2 N–H and O–H groups in total. The van der Waals surface area contributed by atoms with Crippen LogP contribution in [0.1, 0.15) is 46.5 Å². The van der Waals surface area contributed by atoms with Gasteiger partial charge >= 0.3 is 0 Å². The Morgan fingerprint density at radius 3 is 2.50 bits per heavy atom. The smallest absolute Gasteiger partial charge is 0.0584 e. The third-order valence-corrected chi connectivity index (χ3v) is 3.29. The van der Waals surface area contributed by atoms with Gasteiger partial charge in [-0.2, -0.15) is 0 Å². The largest absolute Gasteiger partial charge is 0.395 e. The Kier molecular flexibility index (Phi) is 4.90. The van der Waals surface area contributed by atoms with Gasteiger partial charge in [0.1, 0.15) is 0 Å². The van der Waals surface area contributed by atoms with Gasteiger partial charge in [-0.05, 0) is 31.1 Å². The fourth-order valence-corrected chi connectivity index (χ4v) is 2.46. The van der Waals surface area contributed by atoms with E-state index in [2.05, 4.69) is 26.1 Å². The van der Waals surface area contributed by atoms with Gasteiger partial charge in [-0.1, -0.05) is 27.2 Å². The molecule has 1 aliphatic carbocycles. The first-order valence-electron chi connectivity index (χ1n) is 6.00. The van der Waals surface area contributed by atoms with Gasteiger partial charge in [-0.25, -0.2) is 0 Å². The predicted octanol–water partition coefficient (Wildman–Crippen LogP) is 2.17. The number of aliphatic hydroxyl groups excluding tert-OH is 1. The molecule has 2 nitrogen and oxygen atoms in total. The highest BCUT2D eigenvalue weighted by molar-refractivity contribution is 4.83. The van der Waals surface area contributed by atoms with E-state index in [4.69, 9.17) is 0 Å². The highest BCUT2D eigenvalue weighted by Crippen LogP contribution is 2.25. The topological polar surface area (TPSA) is 32.3 Å². The maximum atomic E-state index is 9.26. The Labute approximate surface area is 88.1 Å². The number of hydrogen-bond donors (Lipinski definition) is 2. The van der Waals surface area contributed by atoms with Crippen LogP contribution >= 0.6 is 0 Å². The lowest BCUT2D eigenvalue weighted by Crippen LogP contribution is -2.42. The molecule has 3 atom stereocenters. The number of rotatable bonds is 5. The number of hydrogen-bond acceptors (Lipinski definition) is 2. The molecule has 0 aromatic rings. The van der Waals surface area contributed by atoms with Crippen LogP contribution in [0.3, 0.4) is 0 Å². The van der Waals surface area contributed by atoms with Gasteiger partial charge in [0.25, 0.3) is 0 Å². The summed E-state index contributed by atoms with van der Waals surface area (Å²) in [5.41, 5.74) is 0. The van der Waals surface area contributed by atoms with Crippen molar-refractivity contribution in [2.45, 2.75) is 58.5 Å². The Hall–Kier alpha value is -0.0800. The zero-order valence-corrected chi connectivity index (χ0v) is 9.79. The highest BCUT2D eigenvalue weighted by atomic mass is 16.3. The average molecular weight is 199 g/mol. The summed E-state index contributed by atoms with van der Waals surface area (Å²) >= 11 is 0. The number of aliphatic hydroxyl groups is 1. The van der Waals surface area contributed by atoms with Crippen molar-refractivity contribution in [3.05, 3.63) is 0 Å². The summed E-state index contributed by atoms with van der Waals surface area (Å²) in [5.74, 6) is 1.45. The average Bonchev–Trinajstić information content (AvgIpc) is 2.50. The molecule has 14 heavy (non-hydrogen) atoms. The Bertz CT molecular complexity index is 158. The van der Waals surface area contributed by atoms with Gasteiger partial charge < -0.3 is 10.4 Å². The zero-order chi connectivity index (χ0) is 10.6. The molecule has 0 unspecified atom stereocenters. The third-order valence-electron chi connectivity index (χ3n) is 3.29. The fourth-order valence-electron chi connectivity index (χ4n) is 2.46. The molecule has 0 amide bonds. The lowest BCUT2D eigenvalue weighted by molar-refractivity contribution is 0.205. The van der Waals surface area contributed by atoms with Crippen LogP contribution in [0.4, 0.5) is 0 Å². The summed E-state index contributed by atoms with van der Waals surface area (Å²) < 4.78 is 0. The molecule has 0 heterocycles. The molecular weight excluding hydrogens is 174 g/mol. The van der Waals surface area contributed by atoms with Gasteiger partial charge in [-0.15, -0.1) is 0 Å². The normalized spacial score (nSPS) is 29.8. The van der Waals surface area contributed by atoms with Crippen LogP contribution in [0.25, 0.3) is 0 Å². The molecule has 1 saturated carbocycles. The highest BCUT2D eigenvalue weighted by Gasteiger charge is 2.25. The van der Waals surface area contributed by atoms with Crippen molar-refractivity contribution in [1.29, 1.82) is 0 Å². The molecule has 0 saturated heterocycles. The maximum Gasteiger partial charge on any atom is 0.0584 e. The standard InChI is InChI=1S/C12H25NO/c1-9(2)7-11(8-14)13-12-6-4-5-10(12)3/h9-14H,4-8H2,1-3H3/t10-,11+,12-/m0/s1. The Morgan fingerprint density at radius 1 is 1.36 bits per heavy atom. The summed E-state index contributed by atoms with van der Waals surface area (Å²) in [6.45, 7) is 7.01. The van der Waals surface area contributed by atoms with Crippen LogP contribution in [-0.2, 0) is 0 Å². The van der Waals surface area contributed by atoms with Crippen molar-refractivity contribution in [3.8, 4) is 0 Å². The first-order valence-corrected chi connectivity index (χ1v) is 6.00. The van der Waals surface area contributed by atoms with Crippen LogP contribution in [-0.4, -0.2) is 23.8 Å². The van der Waals surface area contributed by atoms with Gasteiger partial charge in [-0.3, -0.25) is 0 Å². The SMILES string of the molecule is CC(C)C[C@H](CO)N[C@H]1CCC[C@@H]1C. The van der Waals surface area contributed by atoms with Crippen LogP contribution in [0.15, 0.2) is 0 Å². The first kappa shape index (κ1) is 12.0. The van der Waals surface area contributed by atoms with E-state index in [1.165, 1.54) is 19.3 Å². The van der Waals surface area contributed by atoms with E-state index >= 15 is 0 Å². The minimum atomic E-state index is 0.279. The van der Waals surface area contributed by atoms with Crippen molar-refractivity contribution >= 4 is 0 Å². The van der Waals surface area contributed by atoms with Gasteiger partial charge in [0.15, 0.2) is 0 Å². The Morgan fingerprint density at radius 2 is 2.07 bits per heavy atom. The molecular formula is C12H25NO. The predicted molar refractivity (Wildman–Crippen MR) is 60.3 cm³/mol. The zero-order valence-electron chi connectivity index (χ0n) is 9.79. The molecule has 0 aliphatic heterocycles. The number of nitrogens with one attached hydrogen (secondary N) is 1. The van der Waals surface area contributed by atoms with Crippen molar-refractivity contribution in [3.63, 3.8) is 0 Å². The van der Waals surface area contributed by atoms with Crippen molar-refractivity contribution < 1.29 is 5.11 Å². The van der Waals surface area contributed by atoms with E-state index in [0.717, 1.165) is 12.3 Å². The van der Waals surface area contributed by atoms with E-state index in [1.54, 1.807) is 0 Å². The van der Waals surface area contributed by atoms with Crippen molar-refractivity contribution in [2.75, 3.05) is 6.61 Å². The first-order chi connectivity index (χ1) is 6.63. The summed E-state index contributed by atoms with van der Waals surface area (Å²) in [6, 6.07) is 0.950. The molecule has 0 radical (unpaired) electrons. The second-order valence-corrected chi connectivity index (χ2v) is 5.19. The molecule has 0 spiro atoms. The van der Waals surface area contributed by atoms with Gasteiger partial charge in [0, 0.05) is 12.1 Å². The summed E-state index contributed by atoms with van der Waals surface area (Å²) in [4.78, 5) is 0. The van der Waals surface area contributed by atoms with Gasteiger partial charge in [0.05, 0.1) is 6.61 Å². The van der Waals surface area contributed by atoms with Crippen molar-refractivity contribution in [2.24, 2.45) is 11.8 Å². The molecule has 84 valence electrons. The molecule has 1 aliphatic rings. The van der Waals surface area contributed by atoms with Crippen molar-refractivity contribution in [1.82, 2.24) is 5.32 Å². The van der Waals surface area contributed by atoms with Crippen LogP contribution in [0.2, 0.25) is 0 Å². The molecule has 2 heteroatoms. The summed E-state index contributed by atoms with van der Waals surface area (Å²) in [7, 11) is 0.